The SMILES string of the molecule is C[C@H]1[N-]C2C(c3cccc4ccccc34)=CC=C[C@H]2N1[Si](C)(C)C1C2C=CC=CC2C2C=CC=CC21.[CH3-].[Cl][Ti][Cl]. The molecule has 1 aliphatic heterocycles. The Hall–Kier alpha value is -1.43. The van der Waals surface area contributed by atoms with Crippen molar-refractivity contribution in [2.45, 2.75) is 43.8 Å². The third-order valence-electron chi connectivity index (χ3n) is 9.63. The maximum absolute atomic E-state index is 5.48. The van der Waals surface area contributed by atoms with Gasteiger partial charge in [-0.2, -0.15) is 0 Å². The summed E-state index contributed by atoms with van der Waals surface area (Å²) in [7, 11) is 7.86. The van der Waals surface area contributed by atoms with Crippen molar-refractivity contribution in [3.63, 3.8) is 0 Å². The molecule has 4 aliphatic carbocycles. The van der Waals surface area contributed by atoms with Crippen LogP contribution in [0.2, 0.25) is 18.6 Å². The molecule has 1 saturated carbocycles. The molecule has 208 valence electrons. The zero-order chi connectivity index (χ0) is 27.1. The van der Waals surface area contributed by atoms with Gasteiger partial charge in [-0.05, 0) is 45.5 Å². The average molecular weight is 622 g/mol. The molecule has 0 radical (unpaired) electrons. The Morgan fingerprint density at radius 3 is 2.00 bits per heavy atom. The second-order valence-electron chi connectivity index (χ2n) is 11.8. The van der Waals surface area contributed by atoms with Crippen LogP contribution in [0.15, 0.2) is 109 Å². The molecule has 0 N–H and O–H groups in total. The van der Waals surface area contributed by atoms with E-state index in [1.54, 1.807) is 0 Å². The van der Waals surface area contributed by atoms with Crippen molar-refractivity contribution in [3.05, 3.63) is 128 Å². The van der Waals surface area contributed by atoms with Crippen molar-refractivity contribution in [1.82, 2.24) is 4.57 Å². The maximum atomic E-state index is 5.48. The topological polar surface area (TPSA) is 17.3 Å². The molecule has 0 spiro atoms. The Morgan fingerprint density at radius 2 is 1.35 bits per heavy atom. The summed E-state index contributed by atoms with van der Waals surface area (Å²) in [6.45, 7) is 7.61. The third kappa shape index (κ3) is 5.07. The molecule has 7 atom stereocenters. The molecule has 2 aromatic rings. The summed E-state index contributed by atoms with van der Waals surface area (Å²) in [4.78, 5) is 0. The van der Waals surface area contributed by atoms with E-state index in [0.717, 1.165) is 0 Å². The first kappa shape index (κ1) is 30.0. The summed E-state index contributed by atoms with van der Waals surface area (Å²) in [5, 5.41) is 8.11. The van der Waals surface area contributed by atoms with Crippen molar-refractivity contribution in [1.29, 1.82) is 0 Å². The van der Waals surface area contributed by atoms with Gasteiger partial charge in [-0.25, -0.2) is 0 Å². The van der Waals surface area contributed by atoms with Crippen LogP contribution in [-0.4, -0.2) is 31.1 Å². The van der Waals surface area contributed by atoms with Crippen LogP contribution in [-0.2, 0) is 17.0 Å². The minimum absolute atomic E-state index is 0. The molecule has 2 aromatic carbocycles. The number of rotatable bonds is 3. The average Bonchev–Trinajstić information content (AvgIpc) is 3.48. The van der Waals surface area contributed by atoms with Gasteiger partial charge in [-0.15, -0.1) is 0 Å². The fourth-order valence-electron chi connectivity index (χ4n) is 8.36. The second-order valence-corrected chi connectivity index (χ2v) is 18.8. The van der Waals surface area contributed by atoms with E-state index in [4.69, 9.17) is 23.9 Å². The first-order valence-electron chi connectivity index (χ1n) is 14.0. The summed E-state index contributed by atoms with van der Waals surface area (Å²) in [5.74, 6) is 2.48. The summed E-state index contributed by atoms with van der Waals surface area (Å²) in [6.07, 6.45) is 26.5. The summed E-state index contributed by atoms with van der Waals surface area (Å²) in [5.41, 5.74) is 3.39. The molecule has 0 aromatic heterocycles. The van der Waals surface area contributed by atoms with E-state index in [-0.39, 0.29) is 19.6 Å². The van der Waals surface area contributed by atoms with E-state index in [1.165, 1.54) is 21.9 Å². The molecular weight excluding hydrogens is 583 g/mol. The normalized spacial score (nSPS) is 33.4. The fourth-order valence-corrected chi connectivity index (χ4v) is 13.3. The Kier molecular flexibility index (Phi) is 9.34. The van der Waals surface area contributed by atoms with E-state index >= 15 is 0 Å². The molecule has 5 unspecified atom stereocenters. The second kappa shape index (κ2) is 12.4. The van der Waals surface area contributed by atoms with Gasteiger partial charge in [-0.3, -0.25) is 0 Å². The van der Waals surface area contributed by atoms with Gasteiger partial charge in [0.15, 0.2) is 0 Å². The van der Waals surface area contributed by atoms with Crippen LogP contribution < -0.4 is 0 Å². The summed E-state index contributed by atoms with van der Waals surface area (Å²) in [6, 6.07) is 16.0. The molecule has 2 nitrogen and oxygen atoms in total. The first-order chi connectivity index (χ1) is 19.0. The van der Waals surface area contributed by atoms with Crippen LogP contribution in [0.3, 0.4) is 0 Å². The first-order valence-corrected chi connectivity index (χ1v) is 21.3. The van der Waals surface area contributed by atoms with E-state index in [9.17, 15) is 0 Å². The third-order valence-corrected chi connectivity index (χ3v) is 14.0. The van der Waals surface area contributed by atoms with Crippen molar-refractivity contribution < 1.29 is 17.0 Å². The molecule has 1 saturated heterocycles. The van der Waals surface area contributed by atoms with Crippen molar-refractivity contribution in [3.8, 4) is 0 Å². The molecule has 2 fully saturated rings. The Labute approximate surface area is 258 Å². The molecule has 0 bridgehead atoms. The van der Waals surface area contributed by atoms with Gasteiger partial charge in [0, 0.05) is 6.04 Å². The van der Waals surface area contributed by atoms with E-state index in [2.05, 4.69) is 134 Å². The number of nitrogens with zero attached hydrogens (tertiary/aromatic N) is 2. The van der Waals surface area contributed by atoms with Gasteiger partial charge in [0.25, 0.3) is 0 Å². The fraction of sp³-hybridized carbons (Fsp3) is 0.324. The quantitative estimate of drug-likeness (QED) is 0.247. The van der Waals surface area contributed by atoms with Crippen LogP contribution >= 0.6 is 18.6 Å². The van der Waals surface area contributed by atoms with Gasteiger partial charge < -0.3 is 17.3 Å². The Morgan fingerprint density at radius 1 is 0.775 bits per heavy atom. The molecule has 0 amide bonds. The summed E-state index contributed by atoms with van der Waals surface area (Å²) < 4.78 is 2.88. The number of halogens is 2. The van der Waals surface area contributed by atoms with Gasteiger partial charge in [0.05, 0.1) is 0 Å². The van der Waals surface area contributed by atoms with Crippen LogP contribution in [0.25, 0.3) is 21.7 Å². The van der Waals surface area contributed by atoms with Crippen LogP contribution in [0.4, 0.5) is 0 Å². The molecule has 1 heterocycles. The zero-order valence-corrected chi connectivity index (χ0v) is 27.7. The van der Waals surface area contributed by atoms with Gasteiger partial charge >= 0.3 is 35.6 Å². The van der Waals surface area contributed by atoms with Gasteiger partial charge in [-0.1, -0.05) is 147 Å². The molecule has 7 rings (SSSR count). The van der Waals surface area contributed by atoms with Crippen molar-refractivity contribution in [2.24, 2.45) is 23.7 Å². The Balaban J connectivity index is 0.000000774. The van der Waals surface area contributed by atoms with Crippen molar-refractivity contribution in [2.75, 3.05) is 0 Å². The molecular formula is C34H38Cl2N2SiTi-2. The van der Waals surface area contributed by atoms with E-state index in [0.29, 0.717) is 35.3 Å². The Bertz CT molecular complexity index is 1370. The van der Waals surface area contributed by atoms with Gasteiger partial charge in [0.1, 0.15) is 8.24 Å². The van der Waals surface area contributed by atoms with Gasteiger partial charge in [0.2, 0.25) is 0 Å². The standard InChI is InChI=1S/C33H35N2Si.CH3.2ClH.Ti/c1-22-34-32-28(25-19-10-13-23-12-4-5-14-24(23)25)20-11-21-31(32)35(22)36(2,3)33-29-17-8-6-15-26(29)27-16-7-9-18-30(27)33;;;;/h4-22,26-27,29-33H,1-3H3;1H3;2*1H;/q2*-1;;;+2/p-2/t22-,26?,27?,29?,30?,31+,32?,33?;;;;/m0..../s1. The number of hydrogen-bond acceptors (Lipinski definition) is 1. The molecule has 6 heteroatoms. The monoisotopic (exact) mass is 620 g/mol. The zero-order valence-electron chi connectivity index (χ0n) is 23.7. The number of allylic oxidation sites excluding steroid dienone is 10. The van der Waals surface area contributed by atoms with E-state index < -0.39 is 25.3 Å². The predicted octanol–water partition coefficient (Wildman–Crippen LogP) is 9.70. The van der Waals surface area contributed by atoms with Crippen LogP contribution in [0.1, 0.15) is 12.5 Å². The predicted molar refractivity (Wildman–Crippen MR) is 173 cm³/mol. The minimum atomic E-state index is -1.92. The van der Waals surface area contributed by atoms with E-state index in [1.807, 2.05) is 0 Å². The number of benzene rings is 2. The molecule has 5 aliphatic rings. The molecule has 40 heavy (non-hydrogen) atoms. The number of hydrogen-bond donors (Lipinski definition) is 0. The van der Waals surface area contributed by atoms with Crippen molar-refractivity contribution >= 4 is 43.2 Å². The van der Waals surface area contributed by atoms with Crippen LogP contribution in [0.5, 0.6) is 0 Å². The number of fused-ring (bicyclic) bond motifs is 5. The van der Waals surface area contributed by atoms with Crippen LogP contribution in [0, 0.1) is 31.1 Å². The summed E-state index contributed by atoms with van der Waals surface area (Å²) >= 11 is -0.556.